The molecular formula is C18H13Cl2N6O4. The molecule has 0 aliphatic rings. The van der Waals surface area contributed by atoms with Crippen molar-refractivity contribution < 1.29 is 9.85 Å². The number of nitrogens with one attached hydrogen (secondary N) is 1. The van der Waals surface area contributed by atoms with E-state index in [-0.39, 0.29) is 27.9 Å². The molecule has 0 atom stereocenters. The highest BCUT2D eigenvalue weighted by molar-refractivity contribution is 6.36. The van der Waals surface area contributed by atoms with Crippen LogP contribution in [0.5, 0.6) is 0 Å². The molecule has 0 bridgehead atoms. The van der Waals surface area contributed by atoms with Crippen LogP contribution in [0.15, 0.2) is 36.4 Å². The van der Waals surface area contributed by atoms with E-state index in [1.807, 2.05) is 0 Å². The summed E-state index contributed by atoms with van der Waals surface area (Å²) < 4.78 is 0. The average molecular weight is 448 g/mol. The van der Waals surface area contributed by atoms with E-state index in [2.05, 4.69) is 21.5 Å². The van der Waals surface area contributed by atoms with E-state index in [4.69, 9.17) is 28.9 Å². The normalized spacial score (nSPS) is 10.6. The van der Waals surface area contributed by atoms with E-state index >= 15 is 0 Å². The molecule has 30 heavy (non-hydrogen) atoms. The lowest BCUT2D eigenvalue weighted by atomic mass is 10.1. The van der Waals surface area contributed by atoms with Gasteiger partial charge in [0, 0.05) is 29.3 Å². The van der Waals surface area contributed by atoms with Crippen molar-refractivity contribution in [3.05, 3.63) is 78.4 Å². The third kappa shape index (κ3) is 4.73. The number of rotatable bonds is 7. The number of benzene rings is 1. The van der Waals surface area contributed by atoms with Crippen LogP contribution < -0.4 is 11.1 Å². The van der Waals surface area contributed by atoms with Gasteiger partial charge in [-0.25, -0.2) is 9.97 Å². The van der Waals surface area contributed by atoms with E-state index < -0.39 is 9.85 Å². The van der Waals surface area contributed by atoms with Crippen LogP contribution in [-0.4, -0.2) is 26.4 Å². The summed E-state index contributed by atoms with van der Waals surface area (Å²) in [7, 11) is 0. The molecule has 0 aliphatic heterocycles. The highest BCUT2D eigenvalue weighted by atomic mass is 35.5. The number of nitrogens with two attached hydrogens (primary N) is 1. The fraction of sp³-hybridized carbons (Fsp3) is 0.111. The van der Waals surface area contributed by atoms with Crippen molar-refractivity contribution in [3.8, 4) is 11.3 Å². The maximum absolute atomic E-state index is 11.5. The Balaban J connectivity index is 1.76. The standard InChI is InChI=1S/C18H13Cl2N6O4/c19-11-1-2-12(13(20)8-11)17-15(26(29)30)7-10(9-23-17)5-6-22-16-4-3-14(25(27)28)18(21)24-16/h1-4,7-8H,5-6H2,(H3,21,22,24). The van der Waals surface area contributed by atoms with Crippen LogP contribution in [0.4, 0.5) is 23.0 Å². The number of hydrogen-bond acceptors (Lipinski definition) is 8. The van der Waals surface area contributed by atoms with Crippen LogP contribution in [0.3, 0.4) is 0 Å². The molecule has 3 N–H and O–H groups in total. The predicted molar refractivity (Wildman–Crippen MR) is 113 cm³/mol. The van der Waals surface area contributed by atoms with E-state index in [0.717, 1.165) is 0 Å². The highest BCUT2D eigenvalue weighted by Gasteiger charge is 2.20. The van der Waals surface area contributed by atoms with Crippen molar-refractivity contribution >= 4 is 46.2 Å². The van der Waals surface area contributed by atoms with Gasteiger partial charge in [-0.15, -0.1) is 0 Å². The third-order valence-electron chi connectivity index (χ3n) is 4.05. The smallest absolute Gasteiger partial charge is 0.311 e. The van der Waals surface area contributed by atoms with E-state index in [0.29, 0.717) is 34.9 Å². The molecule has 0 aliphatic carbocycles. The number of nitro groups is 2. The van der Waals surface area contributed by atoms with Gasteiger partial charge in [-0.1, -0.05) is 23.2 Å². The number of nitrogens with zero attached hydrogens (tertiary/aromatic N) is 4. The summed E-state index contributed by atoms with van der Waals surface area (Å²) in [6, 6.07) is 8.63. The Bertz CT molecular complexity index is 1140. The van der Waals surface area contributed by atoms with Crippen molar-refractivity contribution in [1.29, 1.82) is 0 Å². The molecule has 2 aromatic heterocycles. The highest BCUT2D eigenvalue weighted by Crippen LogP contribution is 2.34. The second kappa shape index (κ2) is 8.89. The van der Waals surface area contributed by atoms with E-state index in [9.17, 15) is 20.2 Å². The molecular weight excluding hydrogens is 435 g/mol. The number of hydrogen-bond donors (Lipinski definition) is 2. The third-order valence-corrected chi connectivity index (χ3v) is 4.60. The molecule has 12 heteroatoms. The Morgan fingerprint density at radius 3 is 2.43 bits per heavy atom. The topological polar surface area (TPSA) is 150 Å². The first-order chi connectivity index (χ1) is 14.3. The van der Waals surface area contributed by atoms with Gasteiger partial charge in [-0.2, -0.15) is 0 Å². The molecule has 0 unspecified atom stereocenters. The summed E-state index contributed by atoms with van der Waals surface area (Å²) >= 11 is 12.0. The maximum atomic E-state index is 11.5. The van der Waals surface area contributed by atoms with Crippen molar-refractivity contribution in [2.75, 3.05) is 17.6 Å². The van der Waals surface area contributed by atoms with Crippen LogP contribution in [0.1, 0.15) is 5.56 Å². The largest absolute Gasteiger partial charge is 0.378 e. The first kappa shape index (κ1) is 21.2. The second-order valence-electron chi connectivity index (χ2n) is 6.04. The zero-order chi connectivity index (χ0) is 21.8. The van der Waals surface area contributed by atoms with Crippen LogP contribution in [0.25, 0.3) is 11.3 Å². The average Bonchev–Trinajstić information content (AvgIpc) is 2.68. The first-order valence-corrected chi connectivity index (χ1v) is 9.18. The fourth-order valence-electron chi connectivity index (χ4n) is 2.64. The monoisotopic (exact) mass is 447 g/mol. The van der Waals surface area contributed by atoms with Gasteiger partial charge < -0.3 is 11.1 Å². The minimum Gasteiger partial charge on any atom is -0.378 e. The molecule has 2 heterocycles. The number of halogens is 2. The molecule has 0 saturated heterocycles. The first-order valence-electron chi connectivity index (χ1n) is 8.42. The van der Waals surface area contributed by atoms with Crippen LogP contribution in [0.2, 0.25) is 10.0 Å². The quantitative estimate of drug-likeness (QED) is 0.401. The molecule has 3 rings (SSSR count). The van der Waals surface area contributed by atoms with E-state index in [1.165, 1.54) is 24.3 Å². The lowest BCUT2D eigenvalue weighted by Gasteiger charge is -2.08. The summed E-state index contributed by atoms with van der Waals surface area (Å²) in [5, 5.41) is 25.9. The molecule has 0 fully saturated rings. The summed E-state index contributed by atoms with van der Waals surface area (Å²) in [6.07, 6.45) is 3.11. The fourth-order valence-corrected chi connectivity index (χ4v) is 3.14. The molecule has 153 valence electrons. The number of aromatic nitrogens is 2. The Kier molecular flexibility index (Phi) is 6.28. The Morgan fingerprint density at radius 1 is 1.07 bits per heavy atom. The molecule has 0 spiro atoms. The lowest BCUT2D eigenvalue weighted by Crippen LogP contribution is -2.09. The lowest BCUT2D eigenvalue weighted by molar-refractivity contribution is -0.384. The van der Waals surface area contributed by atoms with Crippen molar-refractivity contribution in [2.24, 2.45) is 0 Å². The van der Waals surface area contributed by atoms with Crippen LogP contribution in [0, 0.1) is 26.4 Å². The molecule has 1 radical (unpaired) electrons. The minimum absolute atomic E-state index is 0.0863. The van der Waals surface area contributed by atoms with Gasteiger partial charge in [0.15, 0.2) is 0 Å². The maximum Gasteiger partial charge on any atom is 0.311 e. The van der Waals surface area contributed by atoms with Crippen LogP contribution >= 0.6 is 23.2 Å². The Hall–Kier alpha value is -3.50. The zero-order valence-electron chi connectivity index (χ0n) is 15.1. The molecule has 10 nitrogen and oxygen atoms in total. The molecule has 3 aromatic rings. The van der Waals surface area contributed by atoms with Gasteiger partial charge in [0.1, 0.15) is 11.5 Å². The van der Waals surface area contributed by atoms with Crippen molar-refractivity contribution in [1.82, 2.24) is 9.97 Å². The van der Waals surface area contributed by atoms with Gasteiger partial charge in [0.2, 0.25) is 5.82 Å². The van der Waals surface area contributed by atoms with Gasteiger partial charge in [-0.3, -0.25) is 20.2 Å². The summed E-state index contributed by atoms with van der Waals surface area (Å²) in [4.78, 5) is 29.1. The molecule has 0 amide bonds. The minimum atomic E-state index is -0.625. The van der Waals surface area contributed by atoms with Gasteiger partial charge >= 0.3 is 5.69 Å². The summed E-state index contributed by atoms with van der Waals surface area (Å²) in [6.45, 7) is 0.320. The molecule has 1 aromatic carbocycles. The number of anilines is 2. The van der Waals surface area contributed by atoms with Gasteiger partial charge in [-0.05, 0) is 36.2 Å². The number of nitrogen functional groups attached to an aromatic ring is 1. The second-order valence-corrected chi connectivity index (χ2v) is 6.89. The summed E-state index contributed by atoms with van der Waals surface area (Å²) in [5.41, 5.74) is 5.99. The Labute approximate surface area is 180 Å². The predicted octanol–water partition coefficient (Wildman–Crippen LogP) is 4.30. The zero-order valence-corrected chi connectivity index (χ0v) is 16.6. The SMILES string of the molecule is Nc1nc(NCCc2[c]nc(-c3ccc(Cl)cc3Cl)c([N+](=O)[O-])c2)ccc1[N+](=O)[O-]. The van der Waals surface area contributed by atoms with Gasteiger partial charge in [0.05, 0.1) is 21.1 Å². The van der Waals surface area contributed by atoms with Crippen LogP contribution in [-0.2, 0) is 6.42 Å². The summed E-state index contributed by atoms with van der Waals surface area (Å²) in [5.74, 6) is 0.128. The number of pyridine rings is 2. The Morgan fingerprint density at radius 2 is 1.80 bits per heavy atom. The van der Waals surface area contributed by atoms with Crippen molar-refractivity contribution in [3.63, 3.8) is 0 Å². The van der Waals surface area contributed by atoms with Crippen molar-refractivity contribution in [2.45, 2.75) is 6.42 Å². The van der Waals surface area contributed by atoms with E-state index in [1.54, 1.807) is 12.1 Å². The molecule has 0 saturated carbocycles. The van der Waals surface area contributed by atoms with Gasteiger partial charge in [0.25, 0.3) is 5.69 Å².